The minimum absolute atomic E-state index is 0.195. The molecule has 0 aliphatic rings. The van der Waals surface area contributed by atoms with Gasteiger partial charge in [0.2, 0.25) is 5.88 Å². The first-order valence-corrected chi connectivity index (χ1v) is 5.95. The number of rotatable bonds is 2. The maximum atomic E-state index is 12.8. The molecular formula is C11H8FNO2S2. The number of aromatic hydroxyl groups is 1. The Bertz CT molecular complexity index is 628. The molecule has 0 aliphatic heterocycles. The van der Waals surface area contributed by atoms with Gasteiger partial charge in [-0.15, -0.1) is 0 Å². The van der Waals surface area contributed by atoms with E-state index in [2.05, 4.69) is 0 Å². The quantitative estimate of drug-likeness (QED) is 0.671. The van der Waals surface area contributed by atoms with Crippen molar-refractivity contribution < 1.29 is 14.3 Å². The second kappa shape index (κ2) is 4.38. The number of benzene rings is 1. The number of Topliss-reactive ketones (excluding diaryl/α,β-unsaturated/α-hetero) is 1. The molecule has 1 heterocycles. The van der Waals surface area contributed by atoms with Crippen molar-refractivity contribution in [1.82, 2.24) is 4.57 Å². The van der Waals surface area contributed by atoms with Crippen LogP contribution in [-0.2, 0) is 0 Å². The Balaban J connectivity index is 2.64. The lowest BCUT2D eigenvalue weighted by Crippen LogP contribution is -1.95. The zero-order valence-electron chi connectivity index (χ0n) is 8.81. The summed E-state index contributed by atoms with van der Waals surface area (Å²) < 4.78 is 14.5. The number of thiazole rings is 1. The molecule has 2 rings (SSSR count). The third-order valence-electron chi connectivity index (χ3n) is 2.19. The number of aromatic nitrogens is 1. The smallest absolute Gasteiger partial charge is 0.219 e. The molecule has 2 aromatic rings. The van der Waals surface area contributed by atoms with Gasteiger partial charge in [-0.1, -0.05) is 11.3 Å². The first kappa shape index (κ1) is 11.9. The fraction of sp³-hybridized carbons (Fsp3) is 0.0909. The van der Waals surface area contributed by atoms with E-state index >= 15 is 0 Å². The van der Waals surface area contributed by atoms with Crippen LogP contribution < -0.4 is 0 Å². The molecule has 1 aromatic carbocycles. The summed E-state index contributed by atoms with van der Waals surface area (Å²) in [6, 6.07) is 5.51. The summed E-state index contributed by atoms with van der Waals surface area (Å²) in [5, 5.41) is 9.89. The number of hydrogen-bond donors (Lipinski definition) is 1. The Kier molecular flexibility index (Phi) is 3.08. The summed E-state index contributed by atoms with van der Waals surface area (Å²) in [6.45, 7) is 1.36. The molecule has 0 spiro atoms. The largest absolute Gasteiger partial charge is 0.493 e. The lowest BCUT2D eigenvalue weighted by Gasteiger charge is -2.04. The number of ketones is 1. The SMILES string of the molecule is CC(=O)c1sc(=S)n(-c2ccc(F)cc2)c1O. The van der Waals surface area contributed by atoms with Gasteiger partial charge in [0.25, 0.3) is 0 Å². The molecule has 0 aliphatic carbocycles. The third-order valence-corrected chi connectivity index (χ3v) is 3.66. The predicted octanol–water partition coefficient (Wildman–Crippen LogP) is 3.32. The summed E-state index contributed by atoms with van der Waals surface area (Å²) in [6.07, 6.45) is 0. The van der Waals surface area contributed by atoms with Gasteiger partial charge in [-0.05, 0) is 36.5 Å². The topological polar surface area (TPSA) is 42.2 Å². The second-order valence-electron chi connectivity index (χ2n) is 3.39. The van der Waals surface area contributed by atoms with Crippen molar-refractivity contribution >= 4 is 29.3 Å². The lowest BCUT2D eigenvalue weighted by atomic mass is 10.3. The van der Waals surface area contributed by atoms with Crippen LogP contribution in [0.5, 0.6) is 5.88 Å². The van der Waals surface area contributed by atoms with Gasteiger partial charge >= 0.3 is 0 Å². The monoisotopic (exact) mass is 269 g/mol. The van der Waals surface area contributed by atoms with E-state index in [1.54, 1.807) is 0 Å². The van der Waals surface area contributed by atoms with E-state index in [4.69, 9.17) is 12.2 Å². The van der Waals surface area contributed by atoms with Gasteiger partial charge in [0, 0.05) is 6.92 Å². The third kappa shape index (κ3) is 2.13. The molecule has 3 nitrogen and oxygen atoms in total. The Morgan fingerprint density at radius 1 is 1.41 bits per heavy atom. The first-order valence-electron chi connectivity index (χ1n) is 4.72. The Morgan fingerprint density at radius 2 is 2.00 bits per heavy atom. The normalized spacial score (nSPS) is 10.5. The van der Waals surface area contributed by atoms with Gasteiger partial charge in [-0.3, -0.25) is 9.36 Å². The van der Waals surface area contributed by atoms with Crippen LogP contribution in [-0.4, -0.2) is 15.5 Å². The van der Waals surface area contributed by atoms with Gasteiger partial charge in [-0.2, -0.15) is 0 Å². The number of carbonyl (C=O) groups excluding carboxylic acids is 1. The molecule has 0 atom stereocenters. The van der Waals surface area contributed by atoms with Crippen LogP contribution in [0.3, 0.4) is 0 Å². The lowest BCUT2D eigenvalue weighted by molar-refractivity contribution is 0.101. The first-order chi connectivity index (χ1) is 8.00. The number of halogens is 1. The Morgan fingerprint density at radius 3 is 2.47 bits per heavy atom. The van der Waals surface area contributed by atoms with Crippen molar-refractivity contribution in [3.63, 3.8) is 0 Å². The highest BCUT2D eigenvalue weighted by molar-refractivity contribution is 7.73. The zero-order chi connectivity index (χ0) is 12.6. The van der Waals surface area contributed by atoms with Gasteiger partial charge in [0.15, 0.2) is 9.74 Å². The standard InChI is InChI=1S/C11H8FNO2S2/c1-6(14)9-10(15)13(11(16)17-9)8-4-2-7(12)3-5-8/h2-5,15H,1H3. The van der Waals surface area contributed by atoms with E-state index in [1.165, 1.54) is 35.8 Å². The highest BCUT2D eigenvalue weighted by Gasteiger charge is 2.16. The van der Waals surface area contributed by atoms with E-state index in [1.807, 2.05) is 0 Å². The fourth-order valence-corrected chi connectivity index (χ4v) is 2.64. The second-order valence-corrected chi connectivity index (χ2v) is 5.03. The van der Waals surface area contributed by atoms with Crippen molar-refractivity contribution in [2.45, 2.75) is 6.92 Å². The minimum atomic E-state index is -0.373. The molecule has 6 heteroatoms. The molecule has 0 saturated heterocycles. The maximum absolute atomic E-state index is 12.8. The van der Waals surface area contributed by atoms with E-state index in [0.29, 0.717) is 9.64 Å². The molecule has 17 heavy (non-hydrogen) atoms. The van der Waals surface area contributed by atoms with Gasteiger partial charge < -0.3 is 5.11 Å². The van der Waals surface area contributed by atoms with Gasteiger partial charge in [-0.25, -0.2) is 4.39 Å². The Labute approximate surface area is 106 Å². The van der Waals surface area contributed by atoms with Crippen molar-refractivity contribution in [2.24, 2.45) is 0 Å². The maximum Gasteiger partial charge on any atom is 0.219 e. The van der Waals surface area contributed by atoms with E-state index in [0.717, 1.165) is 11.3 Å². The van der Waals surface area contributed by atoms with Crippen molar-refractivity contribution in [2.75, 3.05) is 0 Å². The van der Waals surface area contributed by atoms with E-state index in [9.17, 15) is 14.3 Å². The Hall–Kier alpha value is -1.53. The summed E-state index contributed by atoms with van der Waals surface area (Å²) in [5.74, 6) is -0.819. The minimum Gasteiger partial charge on any atom is -0.493 e. The zero-order valence-corrected chi connectivity index (χ0v) is 10.4. The molecule has 0 fully saturated rings. The number of nitrogens with zero attached hydrogens (tertiary/aromatic N) is 1. The fourth-order valence-electron chi connectivity index (χ4n) is 1.41. The highest BCUT2D eigenvalue weighted by atomic mass is 32.1. The van der Waals surface area contributed by atoms with Crippen LogP contribution in [0.2, 0.25) is 0 Å². The van der Waals surface area contributed by atoms with Crippen molar-refractivity contribution in [1.29, 1.82) is 0 Å². The van der Waals surface area contributed by atoms with Crippen LogP contribution in [0.25, 0.3) is 5.69 Å². The summed E-state index contributed by atoms with van der Waals surface area (Å²) in [7, 11) is 0. The van der Waals surface area contributed by atoms with Crippen LogP contribution in [0, 0.1) is 9.77 Å². The average Bonchev–Trinajstić information content (AvgIpc) is 2.56. The molecule has 0 radical (unpaired) electrons. The van der Waals surface area contributed by atoms with Crippen LogP contribution in [0.1, 0.15) is 16.6 Å². The molecule has 0 amide bonds. The molecule has 0 unspecified atom stereocenters. The molecule has 0 bridgehead atoms. The molecule has 0 saturated carbocycles. The number of carbonyl (C=O) groups is 1. The van der Waals surface area contributed by atoms with Gasteiger partial charge in [0.1, 0.15) is 10.7 Å². The van der Waals surface area contributed by atoms with Crippen LogP contribution in [0.4, 0.5) is 4.39 Å². The van der Waals surface area contributed by atoms with E-state index < -0.39 is 0 Å². The number of hydrogen-bond acceptors (Lipinski definition) is 4. The van der Waals surface area contributed by atoms with Crippen molar-refractivity contribution in [3.05, 3.63) is 38.9 Å². The van der Waals surface area contributed by atoms with E-state index in [-0.39, 0.29) is 22.4 Å². The van der Waals surface area contributed by atoms with Crippen LogP contribution in [0.15, 0.2) is 24.3 Å². The van der Waals surface area contributed by atoms with Crippen molar-refractivity contribution in [3.8, 4) is 11.6 Å². The summed E-state index contributed by atoms with van der Waals surface area (Å²) in [5.41, 5.74) is 0.526. The van der Waals surface area contributed by atoms with Crippen LogP contribution >= 0.6 is 23.6 Å². The molecular weight excluding hydrogens is 261 g/mol. The summed E-state index contributed by atoms with van der Waals surface area (Å²) in [4.78, 5) is 11.5. The highest BCUT2D eigenvalue weighted by Crippen LogP contribution is 2.29. The van der Waals surface area contributed by atoms with Gasteiger partial charge in [0.05, 0.1) is 5.69 Å². The predicted molar refractivity (Wildman–Crippen MR) is 66.1 cm³/mol. The molecule has 1 N–H and O–H groups in total. The summed E-state index contributed by atoms with van der Waals surface area (Å²) >= 11 is 6.10. The average molecular weight is 269 g/mol. The molecule has 88 valence electrons. The molecule has 1 aromatic heterocycles.